The Bertz CT molecular complexity index is 1480. The fraction of sp³-hybridized carbons (Fsp3) is 0.452. The van der Waals surface area contributed by atoms with E-state index in [4.69, 9.17) is 10.5 Å². The number of alkyl halides is 3. The van der Waals surface area contributed by atoms with Crippen molar-refractivity contribution in [3.8, 4) is 11.4 Å². The van der Waals surface area contributed by atoms with Gasteiger partial charge in [0.05, 0.1) is 11.7 Å². The zero-order valence-electron chi connectivity index (χ0n) is 25.2. The van der Waals surface area contributed by atoms with Gasteiger partial charge in [-0.3, -0.25) is 9.59 Å². The molecule has 1 saturated carbocycles. The van der Waals surface area contributed by atoms with E-state index < -0.39 is 47.5 Å². The topological polar surface area (TPSA) is 143 Å². The molecule has 2 aromatic carbocycles. The quantitative estimate of drug-likeness (QED) is 0.262. The number of H-pyrrole nitrogens is 1. The van der Waals surface area contributed by atoms with Crippen molar-refractivity contribution < 1.29 is 32.3 Å². The summed E-state index contributed by atoms with van der Waals surface area (Å²) >= 11 is 3.38. The van der Waals surface area contributed by atoms with Gasteiger partial charge in [0, 0.05) is 22.5 Å². The summed E-state index contributed by atoms with van der Waals surface area (Å²) in [4.78, 5) is 43.0. The Hall–Kier alpha value is -3.78. The van der Waals surface area contributed by atoms with Crippen molar-refractivity contribution in [1.82, 2.24) is 20.5 Å². The van der Waals surface area contributed by atoms with Gasteiger partial charge < -0.3 is 20.8 Å². The Morgan fingerprint density at radius 1 is 1.02 bits per heavy atom. The Balaban J connectivity index is 1.50. The molecule has 0 radical (unpaired) electrons. The minimum absolute atomic E-state index is 0.108. The normalized spacial score (nSPS) is 17.8. The molecule has 4 N–H and O–H groups in total. The molecule has 1 fully saturated rings. The molecule has 0 saturated heterocycles. The largest absolute Gasteiger partial charge is 0.451 e. The highest BCUT2D eigenvalue weighted by atomic mass is 79.9. The number of amides is 3. The third-order valence-corrected chi connectivity index (χ3v) is 7.94. The van der Waals surface area contributed by atoms with E-state index in [-0.39, 0.29) is 23.9 Å². The van der Waals surface area contributed by atoms with E-state index >= 15 is 0 Å². The number of ether oxygens (including phenoxy) is 1. The Kier molecular flexibility index (Phi) is 10.7. The lowest BCUT2D eigenvalue weighted by molar-refractivity contribution is -0.144. The number of halogens is 4. The van der Waals surface area contributed by atoms with Crippen LogP contribution in [0.1, 0.15) is 57.8 Å². The van der Waals surface area contributed by atoms with Gasteiger partial charge in [0.1, 0.15) is 5.60 Å². The summed E-state index contributed by atoms with van der Waals surface area (Å²) in [5.41, 5.74) is 7.09. The Morgan fingerprint density at radius 2 is 1.64 bits per heavy atom. The van der Waals surface area contributed by atoms with Gasteiger partial charge in [0.25, 0.3) is 5.91 Å². The maximum Gasteiger partial charge on any atom is 0.451 e. The fourth-order valence-corrected chi connectivity index (χ4v) is 5.38. The van der Waals surface area contributed by atoms with Crippen molar-refractivity contribution in [3.05, 3.63) is 64.4 Å². The van der Waals surface area contributed by atoms with Crippen LogP contribution in [0.25, 0.3) is 11.4 Å². The SMILES string of the molecule is CC(C)(C)OC(=O)NC[C@H]1CC[C@H](C(=O)N(C(=O)[C@@H](N)Cc2ccc(Br)cc2)c2ccc(-c3nnc(C(F)(F)F)[nH]3)cc2)CC1. The highest BCUT2D eigenvalue weighted by Gasteiger charge is 2.37. The monoisotopic (exact) mass is 692 g/mol. The molecule has 10 nitrogen and oxygen atoms in total. The number of nitrogens with two attached hydrogens (primary N) is 1. The lowest BCUT2D eigenvalue weighted by atomic mass is 9.81. The average molecular weight is 694 g/mol. The van der Waals surface area contributed by atoms with Gasteiger partial charge in [-0.05, 0) is 101 Å². The number of alkyl carbamates (subject to hydrolysis) is 1. The number of hydrogen-bond donors (Lipinski definition) is 3. The Morgan fingerprint density at radius 3 is 2.20 bits per heavy atom. The van der Waals surface area contributed by atoms with Gasteiger partial charge in [-0.15, -0.1) is 10.2 Å². The second-order valence-electron chi connectivity index (χ2n) is 12.1. The van der Waals surface area contributed by atoms with Crippen LogP contribution in [-0.4, -0.2) is 51.3 Å². The van der Waals surface area contributed by atoms with Crippen molar-refractivity contribution in [2.24, 2.45) is 17.6 Å². The first kappa shape index (κ1) is 34.1. The molecule has 1 aromatic heterocycles. The van der Waals surface area contributed by atoms with E-state index in [0.29, 0.717) is 37.8 Å². The van der Waals surface area contributed by atoms with Crippen molar-refractivity contribution in [3.63, 3.8) is 0 Å². The van der Waals surface area contributed by atoms with E-state index in [1.807, 2.05) is 24.3 Å². The van der Waals surface area contributed by atoms with Crippen LogP contribution >= 0.6 is 15.9 Å². The van der Waals surface area contributed by atoms with Gasteiger partial charge in [0.2, 0.25) is 11.7 Å². The minimum atomic E-state index is -4.68. The maximum absolute atomic E-state index is 13.9. The molecular weight excluding hydrogens is 657 g/mol. The number of benzene rings is 2. The summed E-state index contributed by atoms with van der Waals surface area (Å²) in [7, 11) is 0. The first-order valence-corrected chi connectivity index (χ1v) is 15.3. The number of imide groups is 1. The number of aromatic amines is 1. The molecule has 45 heavy (non-hydrogen) atoms. The number of rotatable bonds is 8. The number of carbonyl (C=O) groups is 3. The summed E-state index contributed by atoms with van der Waals surface area (Å²) in [5, 5.41) is 9.51. The van der Waals surface area contributed by atoms with Gasteiger partial charge in [-0.25, -0.2) is 9.69 Å². The van der Waals surface area contributed by atoms with Crippen LogP contribution in [0.15, 0.2) is 53.0 Å². The molecule has 0 aliphatic heterocycles. The Labute approximate surface area is 267 Å². The van der Waals surface area contributed by atoms with E-state index in [2.05, 4.69) is 36.4 Å². The van der Waals surface area contributed by atoms with E-state index in [9.17, 15) is 27.6 Å². The molecule has 3 aromatic rings. The lowest BCUT2D eigenvalue weighted by Gasteiger charge is -2.32. The maximum atomic E-state index is 13.9. The van der Waals surface area contributed by atoms with Crippen molar-refractivity contribution >= 4 is 39.5 Å². The summed E-state index contributed by atoms with van der Waals surface area (Å²) < 4.78 is 45.2. The van der Waals surface area contributed by atoms with E-state index in [1.165, 1.54) is 24.3 Å². The third kappa shape index (κ3) is 9.36. The van der Waals surface area contributed by atoms with Gasteiger partial charge in [-0.2, -0.15) is 13.2 Å². The number of nitrogens with zero attached hydrogens (tertiary/aromatic N) is 3. The molecule has 14 heteroatoms. The van der Waals surface area contributed by atoms with Crippen LogP contribution in [0.5, 0.6) is 0 Å². The highest BCUT2D eigenvalue weighted by molar-refractivity contribution is 9.10. The van der Waals surface area contributed by atoms with E-state index in [0.717, 1.165) is 14.9 Å². The molecular formula is C31H36BrF3N6O4. The summed E-state index contributed by atoms with van der Waals surface area (Å²) in [6.45, 7) is 5.77. The predicted molar refractivity (Wildman–Crippen MR) is 165 cm³/mol. The molecule has 0 spiro atoms. The smallest absolute Gasteiger partial charge is 0.444 e. The van der Waals surface area contributed by atoms with Crippen LogP contribution in [0, 0.1) is 11.8 Å². The zero-order chi connectivity index (χ0) is 32.9. The van der Waals surface area contributed by atoms with Gasteiger partial charge in [-0.1, -0.05) is 28.1 Å². The number of hydrogen-bond acceptors (Lipinski definition) is 7. The molecule has 4 rings (SSSR count). The predicted octanol–water partition coefficient (Wildman–Crippen LogP) is 6.01. The molecule has 1 atom stereocenters. The van der Waals surface area contributed by atoms with Crippen LogP contribution in [0.4, 0.5) is 23.7 Å². The molecule has 242 valence electrons. The molecule has 1 aliphatic rings. The first-order valence-electron chi connectivity index (χ1n) is 14.6. The first-order chi connectivity index (χ1) is 21.1. The van der Waals surface area contributed by atoms with Crippen molar-refractivity contribution in [1.29, 1.82) is 0 Å². The third-order valence-electron chi connectivity index (χ3n) is 7.41. The highest BCUT2D eigenvalue weighted by Crippen LogP contribution is 2.33. The molecule has 0 bridgehead atoms. The fourth-order valence-electron chi connectivity index (χ4n) is 5.12. The van der Waals surface area contributed by atoms with Crippen molar-refractivity contribution in [2.75, 3.05) is 11.4 Å². The molecule has 1 heterocycles. The van der Waals surface area contributed by atoms with Gasteiger partial charge >= 0.3 is 12.3 Å². The number of nitrogens with one attached hydrogen (secondary N) is 2. The second-order valence-corrected chi connectivity index (χ2v) is 13.0. The summed E-state index contributed by atoms with van der Waals surface area (Å²) in [5.74, 6) is -2.66. The number of carbonyl (C=O) groups excluding carboxylic acids is 3. The standard InChI is InChI=1S/C31H36BrF3N6O4/c1-30(2,3)45-29(44)37-17-19-4-8-21(9-5-19)26(42)41(27(43)24(36)16-18-6-12-22(32)13-7-18)23-14-10-20(11-15-23)25-38-28(40-39-25)31(33,34)35/h6-7,10-15,19,21,24H,4-5,8-9,16-17,36H2,1-3H3,(H,37,44)(H,38,39,40)/t19-,21-,24-/m0/s1. The number of anilines is 1. The lowest BCUT2D eigenvalue weighted by Crippen LogP contribution is -2.50. The minimum Gasteiger partial charge on any atom is -0.444 e. The second kappa shape index (κ2) is 14.1. The summed E-state index contributed by atoms with van der Waals surface area (Å²) in [6.07, 6.45) is -2.67. The van der Waals surface area contributed by atoms with E-state index in [1.54, 1.807) is 20.8 Å². The summed E-state index contributed by atoms with van der Waals surface area (Å²) in [6, 6.07) is 12.2. The number of aromatic nitrogens is 3. The molecule has 0 unspecified atom stereocenters. The molecule has 3 amide bonds. The molecule has 1 aliphatic carbocycles. The van der Waals surface area contributed by atoms with Crippen molar-refractivity contribution in [2.45, 2.75) is 70.7 Å². The van der Waals surface area contributed by atoms with Crippen LogP contribution in [-0.2, 0) is 26.9 Å². The zero-order valence-corrected chi connectivity index (χ0v) is 26.7. The van der Waals surface area contributed by atoms with Gasteiger partial charge in [0.15, 0.2) is 5.82 Å². The average Bonchev–Trinajstić information content (AvgIpc) is 3.48. The van der Waals surface area contributed by atoms with Crippen LogP contribution < -0.4 is 16.0 Å². The van der Waals surface area contributed by atoms with Crippen LogP contribution in [0.2, 0.25) is 0 Å². The van der Waals surface area contributed by atoms with Crippen LogP contribution in [0.3, 0.4) is 0 Å².